The van der Waals surface area contributed by atoms with Gasteiger partial charge in [-0.25, -0.2) is 4.79 Å². The molecule has 0 aliphatic heterocycles. The number of hydrogen-bond acceptors (Lipinski definition) is 3. The second-order valence-corrected chi connectivity index (χ2v) is 3.63. The average molecular weight is 207 g/mol. The number of carbonyl (C=O) groups excluding carboxylic acids is 2. The van der Waals surface area contributed by atoms with Crippen LogP contribution < -0.4 is 0 Å². The molecular formula is C11H13NO3. The van der Waals surface area contributed by atoms with Gasteiger partial charge < -0.3 is 9.30 Å². The van der Waals surface area contributed by atoms with Gasteiger partial charge in [0.1, 0.15) is 0 Å². The van der Waals surface area contributed by atoms with E-state index in [4.69, 9.17) is 4.74 Å². The van der Waals surface area contributed by atoms with Crippen molar-refractivity contribution in [2.45, 2.75) is 25.8 Å². The van der Waals surface area contributed by atoms with Gasteiger partial charge in [-0.15, -0.1) is 0 Å². The van der Waals surface area contributed by atoms with Gasteiger partial charge in [-0.2, -0.15) is 0 Å². The van der Waals surface area contributed by atoms with E-state index < -0.39 is 0 Å². The van der Waals surface area contributed by atoms with Crippen LogP contribution in [0.25, 0.3) is 0 Å². The molecular weight excluding hydrogens is 194 g/mol. The molecule has 1 aliphatic carbocycles. The smallest absolute Gasteiger partial charge is 0.339 e. The Hall–Kier alpha value is -1.58. The van der Waals surface area contributed by atoms with E-state index in [2.05, 4.69) is 0 Å². The zero-order valence-electron chi connectivity index (χ0n) is 8.60. The molecule has 0 saturated heterocycles. The van der Waals surface area contributed by atoms with Crippen molar-refractivity contribution in [3.8, 4) is 0 Å². The third kappa shape index (κ3) is 1.93. The Balaban J connectivity index is 2.25. The highest BCUT2D eigenvalue weighted by Gasteiger charge is 2.26. The number of carbonyl (C=O) groups is 2. The van der Waals surface area contributed by atoms with Gasteiger partial charge in [-0.05, 0) is 25.8 Å². The summed E-state index contributed by atoms with van der Waals surface area (Å²) in [6, 6.07) is 1.98. The van der Waals surface area contributed by atoms with Gasteiger partial charge in [0.25, 0.3) is 0 Å². The van der Waals surface area contributed by atoms with Crippen molar-refractivity contribution in [3.63, 3.8) is 0 Å². The first-order chi connectivity index (χ1) is 7.26. The third-order valence-corrected chi connectivity index (χ3v) is 2.45. The SMILES string of the molecule is CCOC(=O)c1cc(C=O)n(C2CC2)c1. The molecule has 80 valence electrons. The first-order valence-electron chi connectivity index (χ1n) is 5.10. The molecule has 0 unspecified atom stereocenters. The van der Waals surface area contributed by atoms with E-state index in [0.717, 1.165) is 19.1 Å². The van der Waals surface area contributed by atoms with Crippen molar-refractivity contribution in [2.75, 3.05) is 6.61 Å². The zero-order chi connectivity index (χ0) is 10.8. The molecule has 2 rings (SSSR count). The normalized spacial score (nSPS) is 15.0. The van der Waals surface area contributed by atoms with Gasteiger partial charge in [0.15, 0.2) is 6.29 Å². The van der Waals surface area contributed by atoms with Gasteiger partial charge in [0.2, 0.25) is 0 Å². The Morgan fingerprint density at radius 3 is 2.93 bits per heavy atom. The number of aldehydes is 1. The maximum absolute atomic E-state index is 11.4. The third-order valence-electron chi connectivity index (χ3n) is 2.45. The number of nitrogens with zero attached hydrogens (tertiary/aromatic N) is 1. The van der Waals surface area contributed by atoms with Crippen molar-refractivity contribution < 1.29 is 14.3 Å². The minimum atomic E-state index is -0.361. The van der Waals surface area contributed by atoms with Crippen molar-refractivity contribution in [1.29, 1.82) is 0 Å². The van der Waals surface area contributed by atoms with Crippen LogP contribution in [0.1, 0.15) is 46.7 Å². The first kappa shape index (κ1) is 9.96. The first-order valence-corrected chi connectivity index (χ1v) is 5.10. The molecule has 1 fully saturated rings. The summed E-state index contributed by atoms with van der Waals surface area (Å²) in [6.45, 7) is 2.11. The Bertz CT molecular complexity index is 391. The second-order valence-electron chi connectivity index (χ2n) is 3.63. The largest absolute Gasteiger partial charge is 0.462 e. The predicted molar refractivity (Wildman–Crippen MR) is 54.0 cm³/mol. The molecule has 0 N–H and O–H groups in total. The standard InChI is InChI=1S/C11H13NO3/c1-2-15-11(14)8-5-10(7-13)12(6-8)9-3-4-9/h5-7,9H,2-4H2,1H3. The zero-order valence-corrected chi connectivity index (χ0v) is 8.60. The number of rotatable bonds is 4. The highest BCUT2D eigenvalue weighted by Crippen LogP contribution is 2.36. The molecule has 0 spiro atoms. The van der Waals surface area contributed by atoms with Crippen LogP contribution in [-0.2, 0) is 4.74 Å². The summed E-state index contributed by atoms with van der Waals surface area (Å²) in [6.07, 6.45) is 4.65. The van der Waals surface area contributed by atoms with E-state index in [0.29, 0.717) is 23.9 Å². The summed E-state index contributed by atoms with van der Waals surface area (Å²) in [5.41, 5.74) is 1.02. The van der Waals surface area contributed by atoms with Crippen LogP contribution in [0.3, 0.4) is 0 Å². The van der Waals surface area contributed by atoms with Crippen LogP contribution in [0.15, 0.2) is 12.3 Å². The molecule has 0 aromatic carbocycles. The van der Waals surface area contributed by atoms with Gasteiger partial charge >= 0.3 is 5.97 Å². The fourth-order valence-electron chi connectivity index (χ4n) is 1.59. The highest BCUT2D eigenvalue weighted by atomic mass is 16.5. The van der Waals surface area contributed by atoms with Gasteiger partial charge in [0.05, 0.1) is 17.9 Å². The minimum absolute atomic E-state index is 0.351. The summed E-state index contributed by atoms with van der Waals surface area (Å²) in [4.78, 5) is 22.2. The summed E-state index contributed by atoms with van der Waals surface area (Å²) in [5, 5.41) is 0. The Kier molecular flexibility index (Phi) is 2.58. The monoisotopic (exact) mass is 207 g/mol. The lowest BCUT2D eigenvalue weighted by atomic mass is 10.3. The molecule has 4 heteroatoms. The molecule has 1 aromatic heterocycles. The topological polar surface area (TPSA) is 48.3 Å². The molecule has 0 radical (unpaired) electrons. The van der Waals surface area contributed by atoms with Crippen LogP contribution in [0, 0.1) is 0 Å². The van der Waals surface area contributed by atoms with E-state index in [1.165, 1.54) is 0 Å². The molecule has 15 heavy (non-hydrogen) atoms. The Morgan fingerprint density at radius 1 is 1.67 bits per heavy atom. The quantitative estimate of drug-likeness (QED) is 0.558. The fourth-order valence-corrected chi connectivity index (χ4v) is 1.59. The maximum atomic E-state index is 11.4. The lowest BCUT2D eigenvalue weighted by molar-refractivity contribution is 0.0526. The molecule has 1 saturated carbocycles. The van der Waals surface area contributed by atoms with Crippen LogP contribution in [0.2, 0.25) is 0 Å². The number of hydrogen-bond donors (Lipinski definition) is 0. The number of esters is 1. The van der Waals surface area contributed by atoms with Crippen LogP contribution in [0.4, 0.5) is 0 Å². The van der Waals surface area contributed by atoms with E-state index in [1.807, 2.05) is 4.57 Å². The van der Waals surface area contributed by atoms with Crippen LogP contribution in [-0.4, -0.2) is 23.4 Å². The lowest BCUT2D eigenvalue weighted by Gasteiger charge is -2.00. The van der Waals surface area contributed by atoms with Crippen molar-refractivity contribution >= 4 is 12.3 Å². The molecule has 0 atom stereocenters. The lowest BCUT2D eigenvalue weighted by Crippen LogP contribution is -2.03. The van der Waals surface area contributed by atoms with Crippen molar-refractivity contribution in [2.24, 2.45) is 0 Å². The molecule has 1 heterocycles. The summed E-state index contributed by atoms with van der Waals surface area (Å²) >= 11 is 0. The van der Waals surface area contributed by atoms with Gasteiger partial charge in [-0.1, -0.05) is 0 Å². The second kappa shape index (κ2) is 3.88. The van der Waals surface area contributed by atoms with Crippen molar-refractivity contribution in [1.82, 2.24) is 4.57 Å². The number of aromatic nitrogens is 1. The van der Waals surface area contributed by atoms with E-state index in [-0.39, 0.29) is 5.97 Å². The van der Waals surface area contributed by atoms with E-state index in [1.54, 1.807) is 19.2 Å². The summed E-state index contributed by atoms with van der Waals surface area (Å²) in [7, 11) is 0. The van der Waals surface area contributed by atoms with Crippen LogP contribution >= 0.6 is 0 Å². The Morgan fingerprint density at radius 2 is 2.40 bits per heavy atom. The Labute approximate surface area is 87.8 Å². The summed E-state index contributed by atoms with van der Waals surface area (Å²) in [5.74, 6) is -0.361. The molecule has 0 amide bonds. The number of ether oxygens (including phenoxy) is 1. The minimum Gasteiger partial charge on any atom is -0.462 e. The van der Waals surface area contributed by atoms with Gasteiger partial charge in [-0.3, -0.25) is 4.79 Å². The molecule has 1 aromatic rings. The fraction of sp³-hybridized carbons (Fsp3) is 0.455. The summed E-state index contributed by atoms with van der Waals surface area (Å²) < 4.78 is 6.73. The van der Waals surface area contributed by atoms with Crippen LogP contribution in [0.5, 0.6) is 0 Å². The van der Waals surface area contributed by atoms with Gasteiger partial charge in [0, 0.05) is 12.2 Å². The molecule has 4 nitrogen and oxygen atoms in total. The highest BCUT2D eigenvalue weighted by molar-refractivity contribution is 5.91. The average Bonchev–Trinajstić information content (AvgIpc) is 2.98. The molecule has 1 aliphatic rings. The van der Waals surface area contributed by atoms with E-state index in [9.17, 15) is 9.59 Å². The molecule has 0 bridgehead atoms. The van der Waals surface area contributed by atoms with Crippen molar-refractivity contribution in [3.05, 3.63) is 23.5 Å². The predicted octanol–water partition coefficient (Wildman–Crippen LogP) is 1.81. The van der Waals surface area contributed by atoms with E-state index >= 15 is 0 Å². The maximum Gasteiger partial charge on any atom is 0.339 e.